The summed E-state index contributed by atoms with van der Waals surface area (Å²) in [6.45, 7) is 6.23. The van der Waals surface area contributed by atoms with Crippen molar-refractivity contribution in [3.63, 3.8) is 0 Å². The molecule has 0 saturated carbocycles. The molecule has 2 heterocycles. The maximum absolute atomic E-state index is 4.79. The molecular formula is C17H21N3S. The van der Waals surface area contributed by atoms with Gasteiger partial charge in [0.25, 0.3) is 0 Å². The first-order valence-electron chi connectivity index (χ1n) is 7.49. The van der Waals surface area contributed by atoms with E-state index in [1.807, 2.05) is 0 Å². The Morgan fingerprint density at radius 1 is 1.29 bits per heavy atom. The quantitative estimate of drug-likeness (QED) is 0.733. The average molecular weight is 299 g/mol. The topological polar surface area (TPSA) is 29.9 Å². The molecular weight excluding hydrogens is 278 g/mol. The van der Waals surface area contributed by atoms with Crippen LogP contribution in [0.25, 0.3) is 11.0 Å². The van der Waals surface area contributed by atoms with E-state index in [1.54, 1.807) is 11.3 Å². The molecule has 2 aromatic heterocycles. The molecule has 110 valence electrons. The van der Waals surface area contributed by atoms with Crippen molar-refractivity contribution in [1.82, 2.24) is 14.9 Å². The zero-order chi connectivity index (χ0) is 14.7. The maximum atomic E-state index is 4.79. The Bertz CT molecular complexity index is 700. The molecule has 1 aromatic carbocycles. The van der Waals surface area contributed by atoms with Gasteiger partial charge in [-0.25, -0.2) is 4.98 Å². The second-order valence-corrected chi connectivity index (χ2v) is 6.11. The summed E-state index contributed by atoms with van der Waals surface area (Å²) in [5, 5.41) is 7.91. The molecule has 0 amide bonds. The Morgan fingerprint density at radius 2 is 2.14 bits per heavy atom. The summed E-state index contributed by atoms with van der Waals surface area (Å²) in [5.41, 5.74) is 3.67. The third-order valence-corrected chi connectivity index (χ3v) is 4.49. The van der Waals surface area contributed by atoms with Crippen molar-refractivity contribution in [2.45, 2.75) is 39.4 Å². The summed E-state index contributed by atoms with van der Waals surface area (Å²) in [6, 6.07) is 10.9. The van der Waals surface area contributed by atoms with Gasteiger partial charge in [-0.1, -0.05) is 19.1 Å². The second-order valence-electron chi connectivity index (χ2n) is 5.33. The largest absolute Gasteiger partial charge is 0.327 e. The minimum absolute atomic E-state index is 0.353. The molecule has 0 fully saturated rings. The number of thiophene rings is 1. The van der Waals surface area contributed by atoms with Crippen LogP contribution in [0.1, 0.15) is 37.7 Å². The third-order valence-electron chi connectivity index (χ3n) is 3.79. The molecule has 1 N–H and O–H groups in total. The van der Waals surface area contributed by atoms with Gasteiger partial charge >= 0.3 is 0 Å². The number of hydrogen-bond acceptors (Lipinski definition) is 3. The third kappa shape index (κ3) is 3.01. The Morgan fingerprint density at radius 3 is 2.90 bits per heavy atom. The second kappa shape index (κ2) is 6.41. The van der Waals surface area contributed by atoms with Crippen LogP contribution < -0.4 is 5.32 Å². The van der Waals surface area contributed by atoms with E-state index >= 15 is 0 Å². The number of para-hydroxylation sites is 2. The highest BCUT2D eigenvalue weighted by Gasteiger charge is 2.11. The minimum atomic E-state index is 0.353. The summed E-state index contributed by atoms with van der Waals surface area (Å²) >= 11 is 1.74. The van der Waals surface area contributed by atoms with Gasteiger partial charge in [0.05, 0.1) is 17.6 Å². The molecule has 1 unspecified atom stereocenters. The highest BCUT2D eigenvalue weighted by Crippen LogP contribution is 2.19. The van der Waals surface area contributed by atoms with Crippen molar-refractivity contribution in [2.75, 3.05) is 0 Å². The number of rotatable bonds is 6. The molecule has 3 rings (SSSR count). The number of hydrogen-bond donors (Lipinski definition) is 1. The van der Waals surface area contributed by atoms with Gasteiger partial charge in [-0.2, -0.15) is 11.3 Å². The summed E-state index contributed by atoms with van der Waals surface area (Å²) in [5.74, 6) is 1.13. The van der Waals surface area contributed by atoms with Gasteiger partial charge in [0.15, 0.2) is 0 Å². The lowest BCUT2D eigenvalue weighted by Crippen LogP contribution is -2.20. The number of aryl methyl sites for hydroxylation is 1. The van der Waals surface area contributed by atoms with Crippen LogP contribution in [-0.4, -0.2) is 9.55 Å². The lowest BCUT2D eigenvalue weighted by molar-refractivity contribution is 0.537. The van der Waals surface area contributed by atoms with E-state index < -0.39 is 0 Å². The fraction of sp³-hybridized carbons (Fsp3) is 0.353. The molecule has 0 spiro atoms. The fourth-order valence-corrected chi connectivity index (χ4v) is 3.37. The molecule has 1 atom stereocenters. The Hall–Kier alpha value is -1.65. The fourth-order valence-electron chi connectivity index (χ4n) is 2.62. The van der Waals surface area contributed by atoms with Crippen molar-refractivity contribution in [3.8, 4) is 0 Å². The monoisotopic (exact) mass is 299 g/mol. The highest BCUT2D eigenvalue weighted by atomic mass is 32.1. The van der Waals surface area contributed by atoms with Crippen LogP contribution in [0.2, 0.25) is 0 Å². The predicted molar refractivity (Wildman–Crippen MR) is 89.6 cm³/mol. The van der Waals surface area contributed by atoms with Crippen molar-refractivity contribution in [3.05, 3.63) is 52.5 Å². The molecule has 4 heteroatoms. The van der Waals surface area contributed by atoms with Crippen molar-refractivity contribution < 1.29 is 0 Å². The Kier molecular flexibility index (Phi) is 4.36. The van der Waals surface area contributed by atoms with E-state index in [-0.39, 0.29) is 0 Å². The van der Waals surface area contributed by atoms with E-state index in [4.69, 9.17) is 4.98 Å². The van der Waals surface area contributed by atoms with Gasteiger partial charge in [0.2, 0.25) is 0 Å². The van der Waals surface area contributed by atoms with Crippen molar-refractivity contribution in [1.29, 1.82) is 0 Å². The molecule has 3 aromatic rings. The normalized spacial score (nSPS) is 12.9. The van der Waals surface area contributed by atoms with Crippen LogP contribution in [-0.2, 0) is 13.1 Å². The molecule has 21 heavy (non-hydrogen) atoms. The van der Waals surface area contributed by atoms with Gasteiger partial charge in [-0.05, 0) is 47.9 Å². The van der Waals surface area contributed by atoms with Gasteiger partial charge in [0.1, 0.15) is 5.82 Å². The first-order chi connectivity index (χ1) is 10.3. The van der Waals surface area contributed by atoms with Gasteiger partial charge in [-0.15, -0.1) is 0 Å². The summed E-state index contributed by atoms with van der Waals surface area (Å²) < 4.78 is 2.34. The first kappa shape index (κ1) is 14.3. The van der Waals surface area contributed by atoms with Crippen LogP contribution in [0.15, 0.2) is 41.1 Å². The number of fused-ring (bicyclic) bond motifs is 1. The Balaban J connectivity index is 1.81. The maximum Gasteiger partial charge on any atom is 0.123 e. The van der Waals surface area contributed by atoms with Crippen molar-refractivity contribution >= 4 is 22.4 Å². The number of nitrogens with one attached hydrogen (secondary N) is 1. The Labute approximate surface area is 129 Å². The lowest BCUT2D eigenvalue weighted by Gasteiger charge is -2.13. The summed E-state index contributed by atoms with van der Waals surface area (Å²) in [4.78, 5) is 4.79. The zero-order valence-corrected chi connectivity index (χ0v) is 13.4. The van der Waals surface area contributed by atoms with Crippen LogP contribution in [0.4, 0.5) is 0 Å². The molecule has 0 aliphatic carbocycles. The summed E-state index contributed by atoms with van der Waals surface area (Å²) in [7, 11) is 0. The highest BCUT2D eigenvalue weighted by molar-refractivity contribution is 7.07. The van der Waals surface area contributed by atoms with Crippen LogP contribution >= 0.6 is 11.3 Å². The van der Waals surface area contributed by atoms with Crippen LogP contribution in [0.3, 0.4) is 0 Å². The van der Waals surface area contributed by atoms with E-state index in [1.165, 1.54) is 11.1 Å². The van der Waals surface area contributed by atoms with E-state index in [2.05, 4.69) is 64.8 Å². The molecule has 0 bridgehead atoms. The van der Waals surface area contributed by atoms with Gasteiger partial charge in [0, 0.05) is 12.6 Å². The number of benzene rings is 1. The molecule has 0 aliphatic rings. The average Bonchev–Trinajstić information content (AvgIpc) is 3.14. The van der Waals surface area contributed by atoms with E-state index in [9.17, 15) is 0 Å². The van der Waals surface area contributed by atoms with Gasteiger partial charge < -0.3 is 9.88 Å². The molecule has 3 nitrogen and oxygen atoms in total. The van der Waals surface area contributed by atoms with Crippen molar-refractivity contribution in [2.24, 2.45) is 0 Å². The zero-order valence-electron chi connectivity index (χ0n) is 12.5. The first-order valence-corrected chi connectivity index (χ1v) is 8.43. The SMILES string of the molecule is CCCn1c(CNC(C)c2ccsc2)nc2ccccc21. The minimum Gasteiger partial charge on any atom is -0.327 e. The predicted octanol–water partition coefficient (Wildman–Crippen LogP) is 4.36. The molecule has 0 saturated heterocycles. The van der Waals surface area contributed by atoms with E-state index in [0.29, 0.717) is 6.04 Å². The van der Waals surface area contributed by atoms with Gasteiger partial charge in [-0.3, -0.25) is 0 Å². The molecule has 0 radical (unpaired) electrons. The smallest absolute Gasteiger partial charge is 0.123 e. The summed E-state index contributed by atoms with van der Waals surface area (Å²) in [6.07, 6.45) is 1.12. The number of nitrogens with zero attached hydrogens (tertiary/aromatic N) is 2. The lowest BCUT2D eigenvalue weighted by atomic mass is 10.2. The van der Waals surface area contributed by atoms with Crippen LogP contribution in [0, 0.1) is 0 Å². The number of imidazole rings is 1. The number of aromatic nitrogens is 2. The van der Waals surface area contributed by atoms with Crippen LogP contribution in [0.5, 0.6) is 0 Å². The molecule has 0 aliphatic heterocycles. The van der Waals surface area contributed by atoms with E-state index in [0.717, 1.165) is 30.9 Å². The standard InChI is InChI=1S/C17H21N3S/c1-3-9-20-16-7-5-4-6-15(16)19-17(20)11-18-13(2)14-8-10-21-12-14/h4-8,10,12-13,18H,3,9,11H2,1-2H3.